The van der Waals surface area contributed by atoms with Gasteiger partial charge in [0.05, 0.1) is 0 Å². The maximum absolute atomic E-state index is 10.2. The van der Waals surface area contributed by atoms with Crippen LogP contribution in [-0.4, -0.2) is 35.7 Å². The van der Waals surface area contributed by atoms with E-state index >= 15 is 0 Å². The fraction of sp³-hybridized carbons (Fsp3) is 0.529. The molecule has 106 valence electrons. The number of likely N-dealkylation sites (tertiary alicyclic amines) is 1. The molecule has 20 heavy (non-hydrogen) atoms. The summed E-state index contributed by atoms with van der Waals surface area (Å²) < 4.78 is 6.17. The lowest BCUT2D eigenvalue weighted by molar-refractivity contribution is 0.0460. The van der Waals surface area contributed by atoms with Gasteiger partial charge in [0, 0.05) is 23.4 Å². The van der Waals surface area contributed by atoms with Crippen LogP contribution in [0, 0.1) is 0 Å². The molecule has 3 nitrogen and oxygen atoms in total. The Kier molecular flexibility index (Phi) is 2.46. The molecule has 1 aromatic rings. The van der Waals surface area contributed by atoms with Crippen molar-refractivity contribution >= 4 is 0 Å². The van der Waals surface area contributed by atoms with E-state index in [0.29, 0.717) is 11.8 Å². The normalized spacial score (nSPS) is 34.5. The van der Waals surface area contributed by atoms with Gasteiger partial charge in [-0.1, -0.05) is 12.1 Å². The van der Waals surface area contributed by atoms with E-state index in [1.165, 1.54) is 11.1 Å². The summed E-state index contributed by atoms with van der Waals surface area (Å²) in [5.41, 5.74) is 2.76. The summed E-state index contributed by atoms with van der Waals surface area (Å²) in [6.07, 6.45) is 6.27. The minimum absolute atomic E-state index is 0.0903. The molecule has 2 bridgehead atoms. The predicted octanol–water partition coefficient (Wildman–Crippen LogP) is 2.62. The molecule has 1 aliphatic carbocycles. The van der Waals surface area contributed by atoms with Crippen LogP contribution in [0.3, 0.4) is 0 Å². The number of phenolic OH excluding ortho intramolecular Hbond substituents is 1. The number of hydrogen-bond acceptors (Lipinski definition) is 3. The molecule has 3 heteroatoms. The Labute approximate surface area is 119 Å². The molecular formula is C17H21NO2. The minimum atomic E-state index is 0.0903. The van der Waals surface area contributed by atoms with Crippen molar-refractivity contribution in [2.75, 3.05) is 13.6 Å². The molecule has 1 N–H and O–H groups in total. The zero-order chi connectivity index (χ0) is 13.9. The van der Waals surface area contributed by atoms with Gasteiger partial charge in [0.25, 0.3) is 0 Å². The smallest absolute Gasteiger partial charge is 0.165 e. The Morgan fingerprint density at radius 2 is 2.40 bits per heavy atom. The van der Waals surface area contributed by atoms with Crippen molar-refractivity contribution < 1.29 is 9.84 Å². The van der Waals surface area contributed by atoms with Gasteiger partial charge in [0.15, 0.2) is 11.5 Å². The van der Waals surface area contributed by atoms with Gasteiger partial charge in [0.1, 0.15) is 6.10 Å². The lowest BCUT2D eigenvalue weighted by Crippen LogP contribution is -2.55. The standard InChI is InChI=1S/C17H21NO2/c1-3-4-14-17-7-8-18(2)12(10-17)9-11-5-6-13(19)16(20-14)15(11)17/h3,5-6,12,14,19H,1,4,7-10H2,2H3. The second-order valence-corrected chi connectivity index (χ2v) is 6.53. The summed E-state index contributed by atoms with van der Waals surface area (Å²) in [5.74, 6) is 1.05. The van der Waals surface area contributed by atoms with Gasteiger partial charge in [-0.15, -0.1) is 6.58 Å². The Morgan fingerprint density at radius 3 is 3.20 bits per heavy atom. The number of nitrogens with zero attached hydrogens (tertiary/aromatic N) is 1. The van der Waals surface area contributed by atoms with Crippen molar-refractivity contribution in [2.45, 2.75) is 43.2 Å². The number of fused-ring (bicyclic) bond motifs is 1. The van der Waals surface area contributed by atoms with Crippen molar-refractivity contribution in [3.05, 3.63) is 35.9 Å². The molecule has 1 saturated heterocycles. The van der Waals surface area contributed by atoms with Gasteiger partial charge < -0.3 is 14.7 Å². The first-order valence-electron chi connectivity index (χ1n) is 7.49. The zero-order valence-electron chi connectivity index (χ0n) is 11.9. The highest BCUT2D eigenvalue weighted by molar-refractivity contribution is 5.59. The highest BCUT2D eigenvalue weighted by Crippen LogP contribution is 2.58. The van der Waals surface area contributed by atoms with Crippen LogP contribution in [0.1, 0.15) is 30.4 Å². The summed E-state index contributed by atoms with van der Waals surface area (Å²) in [6.45, 7) is 4.99. The van der Waals surface area contributed by atoms with Crippen LogP contribution in [-0.2, 0) is 11.8 Å². The molecule has 0 saturated carbocycles. The van der Waals surface area contributed by atoms with Crippen LogP contribution in [0.5, 0.6) is 11.5 Å². The molecule has 1 fully saturated rings. The van der Waals surface area contributed by atoms with E-state index in [1.54, 1.807) is 6.07 Å². The van der Waals surface area contributed by atoms with E-state index in [-0.39, 0.29) is 11.5 Å². The summed E-state index contributed by atoms with van der Waals surface area (Å²) >= 11 is 0. The molecule has 1 spiro atoms. The average molecular weight is 271 g/mol. The van der Waals surface area contributed by atoms with Crippen LogP contribution in [0.15, 0.2) is 24.8 Å². The lowest BCUT2D eigenvalue weighted by atomic mass is 9.61. The molecule has 2 aliphatic heterocycles. The molecule has 0 aromatic heterocycles. The number of piperidine rings is 1. The van der Waals surface area contributed by atoms with Crippen molar-refractivity contribution in [1.82, 2.24) is 4.90 Å². The Bertz CT molecular complexity index is 583. The number of likely N-dealkylation sites (N-methyl/N-ethyl adjacent to an activating group) is 1. The van der Waals surface area contributed by atoms with Crippen LogP contribution in [0.25, 0.3) is 0 Å². The van der Waals surface area contributed by atoms with Crippen LogP contribution in [0.4, 0.5) is 0 Å². The van der Waals surface area contributed by atoms with E-state index in [9.17, 15) is 5.11 Å². The van der Waals surface area contributed by atoms with Crippen molar-refractivity contribution in [1.29, 1.82) is 0 Å². The third-order valence-electron chi connectivity index (χ3n) is 5.57. The number of benzene rings is 1. The monoisotopic (exact) mass is 271 g/mol. The largest absolute Gasteiger partial charge is 0.504 e. The van der Waals surface area contributed by atoms with Crippen molar-refractivity contribution in [2.24, 2.45) is 0 Å². The van der Waals surface area contributed by atoms with Gasteiger partial charge in [-0.05, 0) is 44.5 Å². The first-order chi connectivity index (χ1) is 9.65. The van der Waals surface area contributed by atoms with Crippen LogP contribution < -0.4 is 4.74 Å². The van der Waals surface area contributed by atoms with E-state index in [2.05, 4.69) is 24.6 Å². The van der Waals surface area contributed by atoms with E-state index in [1.807, 2.05) is 6.08 Å². The molecule has 3 aliphatic rings. The molecule has 1 aromatic carbocycles. The van der Waals surface area contributed by atoms with Crippen molar-refractivity contribution in [3.63, 3.8) is 0 Å². The fourth-order valence-electron chi connectivity index (χ4n) is 4.53. The maximum atomic E-state index is 10.2. The molecule has 2 heterocycles. The molecule has 0 radical (unpaired) electrons. The van der Waals surface area contributed by atoms with Gasteiger partial charge in [-0.2, -0.15) is 0 Å². The first kappa shape index (κ1) is 12.3. The highest BCUT2D eigenvalue weighted by Gasteiger charge is 2.55. The molecule has 3 unspecified atom stereocenters. The number of rotatable bonds is 2. The SMILES string of the molecule is C=CCC1Oc2c(O)ccc3c2C12CCN(C)C(C3)C2. The van der Waals surface area contributed by atoms with Gasteiger partial charge >= 0.3 is 0 Å². The first-order valence-corrected chi connectivity index (χ1v) is 7.49. The predicted molar refractivity (Wildman–Crippen MR) is 78.4 cm³/mol. The van der Waals surface area contributed by atoms with E-state index in [0.717, 1.165) is 38.0 Å². The second-order valence-electron chi connectivity index (χ2n) is 6.53. The summed E-state index contributed by atoms with van der Waals surface area (Å²) in [7, 11) is 2.22. The fourth-order valence-corrected chi connectivity index (χ4v) is 4.53. The van der Waals surface area contributed by atoms with Crippen LogP contribution >= 0.6 is 0 Å². The molecule has 0 amide bonds. The Hall–Kier alpha value is -1.48. The Morgan fingerprint density at radius 1 is 1.55 bits per heavy atom. The third-order valence-corrected chi connectivity index (χ3v) is 5.57. The number of ether oxygens (including phenoxy) is 1. The second kappa shape index (κ2) is 4.01. The maximum Gasteiger partial charge on any atom is 0.165 e. The van der Waals surface area contributed by atoms with Gasteiger partial charge in [-0.3, -0.25) is 0 Å². The molecule has 3 atom stereocenters. The minimum Gasteiger partial charge on any atom is -0.504 e. The van der Waals surface area contributed by atoms with Gasteiger partial charge in [0.2, 0.25) is 0 Å². The summed E-state index contributed by atoms with van der Waals surface area (Å²) in [5, 5.41) is 10.2. The van der Waals surface area contributed by atoms with Gasteiger partial charge in [-0.25, -0.2) is 0 Å². The van der Waals surface area contributed by atoms with Crippen molar-refractivity contribution in [3.8, 4) is 11.5 Å². The Balaban J connectivity index is 1.92. The summed E-state index contributed by atoms with van der Waals surface area (Å²) in [6, 6.07) is 4.48. The topological polar surface area (TPSA) is 32.7 Å². The third kappa shape index (κ3) is 1.39. The van der Waals surface area contributed by atoms with E-state index in [4.69, 9.17) is 4.74 Å². The van der Waals surface area contributed by atoms with E-state index < -0.39 is 0 Å². The number of hydrogen-bond donors (Lipinski definition) is 1. The lowest BCUT2D eigenvalue weighted by Gasteiger charge is -2.49. The number of aromatic hydroxyl groups is 1. The quantitative estimate of drug-likeness (QED) is 0.839. The van der Waals surface area contributed by atoms with Crippen LogP contribution in [0.2, 0.25) is 0 Å². The zero-order valence-corrected chi connectivity index (χ0v) is 11.9. The number of phenols is 1. The average Bonchev–Trinajstić information content (AvgIpc) is 2.75. The summed E-state index contributed by atoms with van der Waals surface area (Å²) in [4.78, 5) is 2.48. The molecule has 4 rings (SSSR count). The highest BCUT2D eigenvalue weighted by atomic mass is 16.5. The molecular weight excluding hydrogens is 250 g/mol.